The number of aliphatic hydroxyl groups excluding tert-OH is 1. The van der Waals surface area contributed by atoms with Gasteiger partial charge in [0.1, 0.15) is 17.1 Å². The van der Waals surface area contributed by atoms with Gasteiger partial charge >= 0.3 is 0 Å². The predicted octanol–water partition coefficient (Wildman–Crippen LogP) is 7.84. The van der Waals surface area contributed by atoms with Gasteiger partial charge in [-0.2, -0.15) is 5.26 Å². The van der Waals surface area contributed by atoms with Gasteiger partial charge in [0, 0.05) is 55.1 Å². The van der Waals surface area contributed by atoms with E-state index in [-0.39, 0.29) is 6.10 Å². The summed E-state index contributed by atoms with van der Waals surface area (Å²) >= 11 is 7.12. The lowest BCUT2D eigenvalue weighted by atomic mass is 9.96. The smallest absolute Gasteiger partial charge is 0.227 e. The number of aliphatic hydroxyl groups is 1. The molecule has 3 aromatic carbocycles. The summed E-state index contributed by atoms with van der Waals surface area (Å²) in [7, 11) is 0. The number of aromatic nitrogens is 3. The molecule has 0 bridgehead atoms. The Balaban J connectivity index is 1.09. The van der Waals surface area contributed by atoms with Crippen molar-refractivity contribution in [3.05, 3.63) is 100 Å². The first-order chi connectivity index (χ1) is 23.9. The fraction of sp³-hybridized carbons (Fsp3) is 0.282. The van der Waals surface area contributed by atoms with Crippen molar-refractivity contribution in [1.82, 2.24) is 24.8 Å². The van der Waals surface area contributed by atoms with Crippen molar-refractivity contribution in [3.8, 4) is 28.7 Å². The molecule has 246 valence electrons. The van der Waals surface area contributed by atoms with Crippen LogP contribution in [0.1, 0.15) is 41.5 Å². The van der Waals surface area contributed by atoms with Crippen molar-refractivity contribution >= 4 is 45.1 Å². The van der Waals surface area contributed by atoms with Gasteiger partial charge < -0.3 is 14.8 Å². The van der Waals surface area contributed by atoms with E-state index in [2.05, 4.69) is 32.2 Å². The lowest BCUT2D eigenvalue weighted by Gasteiger charge is -2.16. The molecule has 2 aliphatic rings. The Bertz CT molecular complexity index is 2240. The first-order valence-corrected chi connectivity index (χ1v) is 17.2. The van der Waals surface area contributed by atoms with Crippen molar-refractivity contribution < 1.29 is 9.52 Å². The minimum Gasteiger partial charge on any atom is -0.435 e. The fourth-order valence-corrected chi connectivity index (χ4v) is 7.48. The average molecular weight is 670 g/mol. The van der Waals surface area contributed by atoms with Crippen molar-refractivity contribution in [2.24, 2.45) is 0 Å². The van der Waals surface area contributed by atoms with E-state index in [9.17, 15) is 10.4 Å². The molecule has 2 saturated heterocycles. The highest BCUT2D eigenvalue weighted by molar-refractivity contribution is 6.36. The molecule has 0 amide bonds. The lowest BCUT2D eigenvalue weighted by molar-refractivity contribution is 0.175. The van der Waals surface area contributed by atoms with Crippen LogP contribution in [0.3, 0.4) is 0 Å². The maximum Gasteiger partial charge on any atom is 0.227 e. The van der Waals surface area contributed by atoms with Gasteiger partial charge in [-0.15, -0.1) is 0 Å². The van der Waals surface area contributed by atoms with Crippen LogP contribution in [0, 0.1) is 18.3 Å². The Morgan fingerprint density at radius 3 is 2.57 bits per heavy atom. The topological polar surface area (TPSA) is 114 Å². The van der Waals surface area contributed by atoms with E-state index in [0.29, 0.717) is 45.6 Å². The van der Waals surface area contributed by atoms with E-state index < -0.39 is 0 Å². The molecule has 10 heteroatoms. The normalized spacial score (nSPS) is 16.9. The van der Waals surface area contributed by atoms with Crippen LogP contribution in [0.25, 0.3) is 44.6 Å². The zero-order valence-electron chi connectivity index (χ0n) is 27.3. The van der Waals surface area contributed by atoms with Gasteiger partial charge in [0.15, 0.2) is 11.4 Å². The first kappa shape index (κ1) is 31.4. The third-order valence-corrected chi connectivity index (χ3v) is 10.1. The first-order valence-electron chi connectivity index (χ1n) is 16.8. The summed E-state index contributed by atoms with van der Waals surface area (Å²) < 4.78 is 6.28. The van der Waals surface area contributed by atoms with Gasteiger partial charge in [-0.05, 0) is 97.9 Å². The van der Waals surface area contributed by atoms with Crippen molar-refractivity contribution in [1.29, 1.82) is 5.26 Å². The SMILES string of the molecule is Cc1c(-c2nc3cc(CN4CCCC4)cc(C#N)c3o2)cccc1-c1cccc(Nc2nccc3cc(CN4CC[C@H](O)C4)cnc23)c1Cl. The van der Waals surface area contributed by atoms with Gasteiger partial charge in [0.25, 0.3) is 0 Å². The summed E-state index contributed by atoms with van der Waals surface area (Å²) in [5.74, 6) is 1.09. The summed E-state index contributed by atoms with van der Waals surface area (Å²) in [6.45, 7) is 7.33. The number of pyridine rings is 2. The third-order valence-electron chi connectivity index (χ3n) is 9.69. The number of likely N-dealkylation sites (tertiary alicyclic amines) is 2. The van der Waals surface area contributed by atoms with E-state index in [4.69, 9.17) is 26.0 Å². The van der Waals surface area contributed by atoms with E-state index >= 15 is 0 Å². The Morgan fingerprint density at radius 1 is 0.959 bits per heavy atom. The number of halogens is 1. The van der Waals surface area contributed by atoms with Crippen LogP contribution < -0.4 is 5.32 Å². The predicted molar refractivity (Wildman–Crippen MR) is 193 cm³/mol. The van der Waals surface area contributed by atoms with Crippen molar-refractivity contribution in [2.45, 2.75) is 45.4 Å². The summed E-state index contributed by atoms with van der Waals surface area (Å²) in [6.07, 6.45) is 6.64. The quantitative estimate of drug-likeness (QED) is 0.167. The van der Waals surface area contributed by atoms with E-state index in [1.807, 2.05) is 67.7 Å². The maximum absolute atomic E-state index is 9.95. The van der Waals surface area contributed by atoms with Crippen LogP contribution in [0.5, 0.6) is 0 Å². The number of rotatable bonds is 8. The van der Waals surface area contributed by atoms with Crippen LogP contribution in [-0.4, -0.2) is 62.1 Å². The third kappa shape index (κ3) is 6.25. The number of nitrogens with zero attached hydrogens (tertiary/aromatic N) is 6. The molecule has 0 radical (unpaired) electrons. The number of anilines is 2. The Hall–Kier alpha value is -4.85. The van der Waals surface area contributed by atoms with E-state index in [1.54, 1.807) is 6.20 Å². The molecular weight excluding hydrogens is 634 g/mol. The van der Waals surface area contributed by atoms with Crippen LogP contribution >= 0.6 is 11.6 Å². The Kier molecular flexibility index (Phi) is 8.48. The zero-order valence-corrected chi connectivity index (χ0v) is 28.0. The molecule has 0 spiro atoms. The minimum atomic E-state index is -0.252. The second-order valence-electron chi connectivity index (χ2n) is 13.1. The Labute approximate surface area is 289 Å². The van der Waals surface area contributed by atoms with E-state index in [0.717, 1.165) is 83.4 Å². The summed E-state index contributed by atoms with van der Waals surface area (Å²) in [4.78, 5) is 18.9. The number of hydrogen-bond donors (Lipinski definition) is 2. The van der Waals surface area contributed by atoms with Crippen LogP contribution in [-0.2, 0) is 13.1 Å². The van der Waals surface area contributed by atoms with Crippen LogP contribution in [0.15, 0.2) is 77.5 Å². The second kappa shape index (κ2) is 13.2. The van der Waals surface area contributed by atoms with Crippen molar-refractivity contribution in [3.63, 3.8) is 0 Å². The molecule has 5 heterocycles. The Morgan fingerprint density at radius 2 is 1.76 bits per heavy atom. The molecule has 2 N–H and O–H groups in total. The zero-order chi connectivity index (χ0) is 33.5. The molecule has 9 nitrogen and oxygen atoms in total. The molecule has 0 saturated carbocycles. The van der Waals surface area contributed by atoms with Gasteiger partial charge in [-0.3, -0.25) is 14.8 Å². The molecule has 6 aromatic rings. The summed E-state index contributed by atoms with van der Waals surface area (Å²) in [5.41, 5.74) is 8.95. The number of fused-ring (bicyclic) bond motifs is 2. The number of benzene rings is 3. The average Bonchev–Trinajstić information content (AvgIpc) is 3.87. The van der Waals surface area contributed by atoms with Crippen molar-refractivity contribution in [2.75, 3.05) is 31.5 Å². The highest BCUT2D eigenvalue weighted by Crippen LogP contribution is 2.40. The van der Waals surface area contributed by atoms with E-state index in [1.165, 1.54) is 12.8 Å². The molecule has 0 unspecified atom stereocenters. The number of nitrogens with one attached hydrogen (secondary N) is 1. The maximum atomic E-state index is 9.95. The summed E-state index contributed by atoms with van der Waals surface area (Å²) in [6, 6.07) is 22.3. The number of hydrogen-bond acceptors (Lipinski definition) is 9. The highest BCUT2D eigenvalue weighted by atomic mass is 35.5. The van der Waals surface area contributed by atoms with Gasteiger partial charge in [-0.25, -0.2) is 9.97 Å². The minimum absolute atomic E-state index is 0.252. The molecule has 2 aliphatic heterocycles. The number of β-amino-alcohol motifs (C(OH)–C–C–N with tert-alkyl or cyclic N) is 1. The van der Waals surface area contributed by atoms with Crippen LogP contribution in [0.4, 0.5) is 11.5 Å². The highest BCUT2D eigenvalue weighted by Gasteiger charge is 2.22. The fourth-order valence-electron chi connectivity index (χ4n) is 7.20. The molecule has 8 rings (SSSR count). The summed E-state index contributed by atoms with van der Waals surface area (Å²) in [5, 5.41) is 24.8. The molecule has 49 heavy (non-hydrogen) atoms. The molecule has 2 fully saturated rings. The number of nitriles is 1. The van der Waals surface area contributed by atoms with Gasteiger partial charge in [0.2, 0.25) is 5.89 Å². The number of oxazole rings is 1. The second-order valence-corrected chi connectivity index (χ2v) is 13.5. The standard InChI is InChI=1S/C39H36ClN7O2/c1-24-30(6-4-7-31(24)39-45-34-18-25(21-46-13-2-3-14-46)16-28(19-41)37(34)49-39)32-8-5-9-33(35(32)40)44-38-36-27(10-12-42-38)17-26(20-43-36)22-47-15-11-29(48)23-47/h4-10,12,16-18,20,29,48H,2-3,11,13-15,21-23H2,1H3,(H,42,44)/t29-/m0/s1. The largest absolute Gasteiger partial charge is 0.435 e. The lowest BCUT2D eigenvalue weighted by Crippen LogP contribution is -2.21. The van der Waals surface area contributed by atoms with Gasteiger partial charge in [-0.1, -0.05) is 35.9 Å². The monoisotopic (exact) mass is 669 g/mol. The molecular formula is C39H36ClN7O2. The molecule has 0 aliphatic carbocycles. The molecule has 3 aromatic heterocycles. The van der Waals surface area contributed by atoms with Gasteiger partial charge in [0.05, 0.1) is 22.4 Å². The molecule has 1 atom stereocenters. The van der Waals surface area contributed by atoms with Crippen LogP contribution in [0.2, 0.25) is 5.02 Å².